The van der Waals surface area contributed by atoms with E-state index in [1.165, 1.54) is 37.5 Å². The number of hydrogen-bond donors (Lipinski definition) is 8. The van der Waals surface area contributed by atoms with Gasteiger partial charge in [0.25, 0.3) is 0 Å². The fourth-order valence-electron chi connectivity index (χ4n) is 7.15. The van der Waals surface area contributed by atoms with Crippen LogP contribution < -0.4 is 11.4 Å². The van der Waals surface area contributed by atoms with Gasteiger partial charge in [0.15, 0.2) is 12.3 Å². The van der Waals surface area contributed by atoms with E-state index in [1.807, 2.05) is 19.1 Å². The summed E-state index contributed by atoms with van der Waals surface area (Å²) < 4.78 is 56.5. The number of aliphatic hydroxyl groups is 5. The van der Waals surface area contributed by atoms with Crippen LogP contribution in [0.15, 0.2) is 102 Å². The minimum absolute atomic E-state index is 0.0227. The first-order valence-electron chi connectivity index (χ1n) is 25.9. The van der Waals surface area contributed by atoms with Crippen LogP contribution in [0.2, 0.25) is 0 Å². The molecule has 2 unspecified atom stereocenters. The molecule has 10 atom stereocenters. The fourth-order valence-corrected chi connectivity index (χ4v) is 9.26. The Morgan fingerprint density at radius 1 is 0.760 bits per heavy atom. The molecule has 0 aromatic carbocycles. The third-order valence-electron chi connectivity index (χ3n) is 11.3. The highest BCUT2D eigenvalue weighted by Crippen LogP contribution is 2.60. The highest BCUT2D eigenvalue weighted by Gasteiger charge is 2.46. The first kappa shape index (κ1) is 66.9. The van der Waals surface area contributed by atoms with E-state index < -0.39 is 102 Å². The van der Waals surface area contributed by atoms with Crippen molar-refractivity contribution >= 4 is 33.4 Å². The number of nitrogens with two attached hydrogens (primary N) is 1. The Balaban J connectivity index is 1.89. The molecule has 0 aliphatic carbocycles. The zero-order valence-electron chi connectivity index (χ0n) is 43.4. The lowest BCUT2D eigenvalue weighted by Gasteiger charge is -2.21. The molecule has 424 valence electrons. The number of rotatable bonds is 41. The van der Waals surface area contributed by atoms with Gasteiger partial charge in [-0.2, -0.15) is 9.29 Å². The van der Waals surface area contributed by atoms with Crippen molar-refractivity contribution in [2.45, 2.75) is 185 Å². The SMILES string of the molecule is CC/C=C\C[C@H](O)/C=C/C=C/C=C\C=C/[C@@H](O)[C@H](O)CCCC(=O)O[C@H](COC(=O)CCCCCCCCC/C=C\C/C=C\CCCCC)COP(=O)(O)OP(=O)(O)OC[C@H]1O[C@@H](n2ccc(N)nc2=O)[C@H](O)[C@@H]1O. The zero-order valence-corrected chi connectivity index (χ0v) is 45.2. The Kier molecular flexibility index (Phi) is 35.0. The molecule has 1 aliphatic heterocycles. The molecule has 2 rings (SSSR count). The molecule has 1 fully saturated rings. The Hall–Kier alpha value is -4.18. The summed E-state index contributed by atoms with van der Waals surface area (Å²) in [5.74, 6) is -1.67. The molecule has 0 radical (unpaired) electrons. The third-order valence-corrected chi connectivity index (χ3v) is 13.9. The molecule has 0 saturated carbocycles. The summed E-state index contributed by atoms with van der Waals surface area (Å²) in [6.45, 7) is 1.59. The molecule has 0 amide bonds. The quantitative estimate of drug-likeness (QED) is 0.0103. The average Bonchev–Trinajstić information content (AvgIpc) is 3.64. The normalized spacial score (nSPS) is 20.8. The number of anilines is 1. The second-order valence-corrected chi connectivity index (χ2v) is 20.9. The number of esters is 2. The summed E-state index contributed by atoms with van der Waals surface area (Å²) in [6, 6.07) is 1.22. The summed E-state index contributed by atoms with van der Waals surface area (Å²) in [5, 5.41) is 51.6. The van der Waals surface area contributed by atoms with Gasteiger partial charge in [-0.1, -0.05) is 144 Å². The summed E-state index contributed by atoms with van der Waals surface area (Å²) in [4.78, 5) is 62.0. The Morgan fingerprint density at radius 2 is 1.37 bits per heavy atom. The number of phosphoric ester groups is 2. The van der Waals surface area contributed by atoms with Gasteiger partial charge in [-0.25, -0.2) is 13.9 Å². The molecular formula is C52H83N3O18P2. The maximum Gasteiger partial charge on any atom is 0.481 e. The van der Waals surface area contributed by atoms with Crippen LogP contribution in [0.4, 0.5) is 5.82 Å². The van der Waals surface area contributed by atoms with Crippen molar-refractivity contribution in [1.29, 1.82) is 0 Å². The number of unbranched alkanes of at least 4 members (excludes halogenated alkanes) is 10. The van der Waals surface area contributed by atoms with Gasteiger partial charge in [-0.05, 0) is 70.3 Å². The number of nitrogen functional groups attached to an aromatic ring is 1. The van der Waals surface area contributed by atoms with Crippen LogP contribution in [0.25, 0.3) is 0 Å². The topological polar surface area (TPSA) is 326 Å². The first-order chi connectivity index (χ1) is 35.9. The van der Waals surface area contributed by atoms with Crippen LogP contribution in [-0.4, -0.2) is 119 Å². The molecule has 75 heavy (non-hydrogen) atoms. The number of allylic oxidation sites excluding steroid dienone is 11. The van der Waals surface area contributed by atoms with Crippen LogP contribution in [-0.2, 0) is 46.3 Å². The number of aromatic nitrogens is 2. The van der Waals surface area contributed by atoms with E-state index in [4.69, 9.17) is 29.0 Å². The van der Waals surface area contributed by atoms with Crippen LogP contribution in [0.3, 0.4) is 0 Å². The lowest BCUT2D eigenvalue weighted by molar-refractivity contribution is -0.161. The van der Waals surface area contributed by atoms with E-state index in [2.05, 4.69) is 40.5 Å². The second kappa shape index (κ2) is 39.2. The first-order valence-corrected chi connectivity index (χ1v) is 28.9. The van der Waals surface area contributed by atoms with Crippen LogP contribution in [0.1, 0.15) is 142 Å². The molecule has 21 nitrogen and oxygen atoms in total. The van der Waals surface area contributed by atoms with Gasteiger partial charge in [0.1, 0.15) is 30.7 Å². The summed E-state index contributed by atoms with van der Waals surface area (Å²) >= 11 is 0. The highest BCUT2D eigenvalue weighted by molar-refractivity contribution is 7.61. The van der Waals surface area contributed by atoms with Gasteiger partial charge in [0, 0.05) is 19.0 Å². The zero-order chi connectivity index (χ0) is 55.3. The Morgan fingerprint density at radius 3 is 2.04 bits per heavy atom. The standard InChI is InChI=1S/C52H83N3O18P2/c1-3-5-7-8-9-10-11-12-13-14-15-16-17-18-19-24-28-34-47(59)68-38-42(71-48(60)35-29-33-44(58)43(57)32-27-23-21-20-22-26-31-41(56)30-25-6-4-2)39-69-74(64,65)73-75(66,67)70-40-45-49(61)50(62)51(72-45)55-37-36-46(53)54-52(55)63/h6,9-10,12-13,20-23,25-27,31-32,36-37,41-45,49-51,56-58,61-62H,3-5,7-8,11,14-19,24,28-30,33-35,38-40H2,1-2H3,(H,64,65)(H,66,67)(H2,53,54,63)/b10-9-,13-12-,22-20+,23-21-,25-6-,31-26+,32-27-/t41-,42+,43+,44+,45+,49+,50+,51+/m0/s1. The van der Waals surface area contributed by atoms with E-state index in [-0.39, 0.29) is 31.5 Å². The number of aliphatic hydroxyl groups excluding tert-OH is 5. The molecule has 23 heteroatoms. The van der Waals surface area contributed by atoms with Crippen molar-refractivity contribution in [3.63, 3.8) is 0 Å². The highest BCUT2D eigenvalue weighted by atomic mass is 31.3. The fraction of sp³-hybridized carbons (Fsp3) is 0.615. The number of phosphoric acid groups is 2. The molecule has 0 spiro atoms. The van der Waals surface area contributed by atoms with Gasteiger partial charge in [0.2, 0.25) is 0 Å². The van der Waals surface area contributed by atoms with Crippen molar-refractivity contribution in [2.75, 3.05) is 25.6 Å². The summed E-state index contributed by atoms with van der Waals surface area (Å²) in [5.41, 5.74) is 4.55. The largest absolute Gasteiger partial charge is 0.481 e. The van der Waals surface area contributed by atoms with Crippen molar-refractivity contribution in [1.82, 2.24) is 9.55 Å². The predicted octanol–water partition coefficient (Wildman–Crippen LogP) is 7.58. The third kappa shape index (κ3) is 31.6. The van der Waals surface area contributed by atoms with Crippen LogP contribution in [0.5, 0.6) is 0 Å². The minimum atomic E-state index is -5.52. The van der Waals surface area contributed by atoms with Crippen molar-refractivity contribution < 1.29 is 81.6 Å². The molecule has 1 aromatic rings. The maximum absolute atomic E-state index is 12.9. The molecular weight excluding hydrogens is 1020 g/mol. The van der Waals surface area contributed by atoms with Gasteiger partial charge < -0.3 is 55.3 Å². The number of hydrogen-bond acceptors (Lipinski definition) is 18. The summed E-state index contributed by atoms with van der Waals surface area (Å²) in [7, 11) is -11.0. The Labute approximate surface area is 441 Å². The molecule has 0 bridgehead atoms. The maximum atomic E-state index is 12.9. The van der Waals surface area contributed by atoms with Crippen LogP contribution in [0, 0.1) is 0 Å². The second-order valence-electron chi connectivity index (χ2n) is 17.9. The average molecular weight is 1100 g/mol. The molecule has 1 aliphatic rings. The number of ether oxygens (including phenoxy) is 3. The van der Waals surface area contributed by atoms with Gasteiger partial charge >= 0.3 is 33.3 Å². The Bertz CT molecular complexity index is 2140. The molecule has 2 heterocycles. The van der Waals surface area contributed by atoms with Gasteiger partial charge in [-0.15, -0.1) is 0 Å². The van der Waals surface area contributed by atoms with Crippen molar-refractivity contribution in [3.8, 4) is 0 Å². The van der Waals surface area contributed by atoms with E-state index >= 15 is 0 Å². The summed E-state index contributed by atoms with van der Waals surface area (Å²) in [6.07, 6.45) is 30.1. The lowest BCUT2D eigenvalue weighted by atomic mass is 10.1. The van der Waals surface area contributed by atoms with E-state index in [0.29, 0.717) is 12.8 Å². The van der Waals surface area contributed by atoms with Gasteiger partial charge in [-0.3, -0.25) is 23.2 Å². The molecule has 1 saturated heterocycles. The minimum Gasteiger partial charge on any atom is -0.462 e. The van der Waals surface area contributed by atoms with Crippen molar-refractivity contribution in [2.24, 2.45) is 0 Å². The van der Waals surface area contributed by atoms with Gasteiger partial charge in [0.05, 0.1) is 31.5 Å². The molecule has 9 N–H and O–H groups in total. The lowest BCUT2D eigenvalue weighted by Crippen LogP contribution is -2.36. The predicted molar refractivity (Wildman–Crippen MR) is 283 cm³/mol. The number of nitrogens with zero attached hydrogens (tertiary/aromatic N) is 2. The van der Waals surface area contributed by atoms with E-state index in [0.717, 1.165) is 75.0 Å². The smallest absolute Gasteiger partial charge is 0.462 e. The van der Waals surface area contributed by atoms with E-state index in [1.54, 1.807) is 36.5 Å². The monoisotopic (exact) mass is 1100 g/mol. The number of carbonyl (C=O) groups excluding carboxylic acids is 2. The molecule has 1 aromatic heterocycles. The number of carbonyl (C=O) groups is 2. The van der Waals surface area contributed by atoms with Crippen LogP contribution >= 0.6 is 15.6 Å². The van der Waals surface area contributed by atoms with E-state index in [9.17, 15) is 58.8 Å². The van der Waals surface area contributed by atoms with Crippen molar-refractivity contribution in [3.05, 3.63) is 108 Å².